The van der Waals surface area contributed by atoms with Crippen LogP contribution in [0.25, 0.3) is 0 Å². The van der Waals surface area contributed by atoms with Crippen LogP contribution in [-0.4, -0.2) is 10.2 Å². The Hall–Kier alpha value is -1.96. The zero-order chi connectivity index (χ0) is 10.7. The molecule has 1 aromatic carbocycles. The molecule has 2 nitrogen and oxygen atoms in total. The molecular formula is C13H12O2. The maximum atomic E-state index is 9.39. The van der Waals surface area contributed by atoms with Gasteiger partial charge in [0.1, 0.15) is 0 Å². The minimum atomic E-state index is -0.0848. The SMILES string of the molecule is Oc1ccc(C2C=CC=CC=C2)cc1O. The maximum absolute atomic E-state index is 9.39. The standard InChI is InChI=1S/C13H12O2/c14-12-8-7-11(9-13(12)15)10-5-3-1-2-4-6-10/h1-10,14-15H. The normalized spacial score (nSPS) is 15.5. The molecule has 15 heavy (non-hydrogen) atoms. The molecule has 0 spiro atoms. The van der Waals surface area contributed by atoms with Gasteiger partial charge >= 0.3 is 0 Å². The third-order valence-electron chi connectivity index (χ3n) is 2.35. The van der Waals surface area contributed by atoms with Crippen molar-refractivity contribution in [2.24, 2.45) is 0 Å². The van der Waals surface area contributed by atoms with Crippen LogP contribution in [0.2, 0.25) is 0 Å². The molecule has 1 aliphatic rings. The maximum Gasteiger partial charge on any atom is 0.157 e. The Bertz CT molecular complexity index is 426. The quantitative estimate of drug-likeness (QED) is 0.684. The molecule has 1 aromatic rings. The predicted octanol–water partition coefficient (Wildman–Crippen LogP) is 2.86. The average Bonchev–Trinajstić information content (AvgIpc) is 2.50. The van der Waals surface area contributed by atoms with Gasteiger partial charge in [-0.25, -0.2) is 0 Å². The highest BCUT2D eigenvalue weighted by Crippen LogP contribution is 2.30. The van der Waals surface area contributed by atoms with Gasteiger partial charge in [-0.2, -0.15) is 0 Å². The minimum absolute atomic E-state index is 0.0773. The van der Waals surface area contributed by atoms with Crippen LogP contribution < -0.4 is 0 Å². The molecule has 0 aliphatic heterocycles. The third kappa shape index (κ3) is 2.10. The average molecular weight is 200 g/mol. The first-order valence-corrected chi connectivity index (χ1v) is 4.81. The van der Waals surface area contributed by atoms with Gasteiger partial charge < -0.3 is 10.2 Å². The van der Waals surface area contributed by atoms with E-state index in [9.17, 15) is 10.2 Å². The molecule has 0 amide bonds. The van der Waals surface area contributed by atoms with Crippen molar-refractivity contribution in [3.8, 4) is 11.5 Å². The van der Waals surface area contributed by atoms with E-state index in [4.69, 9.17) is 0 Å². The summed E-state index contributed by atoms with van der Waals surface area (Å²) in [5.41, 5.74) is 0.960. The van der Waals surface area contributed by atoms with Crippen LogP contribution >= 0.6 is 0 Å². The van der Waals surface area contributed by atoms with Crippen molar-refractivity contribution in [1.82, 2.24) is 0 Å². The molecule has 0 radical (unpaired) electrons. The lowest BCUT2D eigenvalue weighted by Gasteiger charge is -2.08. The van der Waals surface area contributed by atoms with E-state index in [1.165, 1.54) is 6.07 Å². The summed E-state index contributed by atoms with van der Waals surface area (Å²) in [5.74, 6) is -0.0172. The zero-order valence-corrected chi connectivity index (χ0v) is 8.17. The molecule has 0 heterocycles. The van der Waals surface area contributed by atoms with Crippen LogP contribution in [0.3, 0.4) is 0 Å². The number of phenolic OH excluding ortho intramolecular Hbond substituents is 2. The number of benzene rings is 1. The molecule has 2 N–H and O–H groups in total. The molecule has 0 saturated carbocycles. The van der Waals surface area contributed by atoms with E-state index in [0.29, 0.717) is 0 Å². The summed E-state index contributed by atoms with van der Waals surface area (Å²) in [7, 11) is 0. The lowest BCUT2D eigenvalue weighted by molar-refractivity contribution is 0.403. The summed E-state index contributed by atoms with van der Waals surface area (Å²) < 4.78 is 0. The summed E-state index contributed by atoms with van der Waals surface area (Å²) >= 11 is 0. The largest absolute Gasteiger partial charge is 0.504 e. The van der Waals surface area contributed by atoms with Crippen LogP contribution in [0.1, 0.15) is 11.5 Å². The van der Waals surface area contributed by atoms with Crippen LogP contribution in [0, 0.1) is 0 Å². The van der Waals surface area contributed by atoms with Crippen molar-refractivity contribution >= 4 is 0 Å². The molecule has 0 atom stereocenters. The van der Waals surface area contributed by atoms with Crippen molar-refractivity contribution in [3.63, 3.8) is 0 Å². The fraction of sp³-hybridized carbons (Fsp3) is 0.0769. The number of rotatable bonds is 1. The Labute approximate surface area is 88.5 Å². The molecule has 76 valence electrons. The zero-order valence-electron chi connectivity index (χ0n) is 8.17. The Morgan fingerprint density at radius 1 is 0.800 bits per heavy atom. The number of allylic oxidation sites excluding steroid dienone is 6. The summed E-state index contributed by atoms with van der Waals surface area (Å²) in [6.07, 6.45) is 11.9. The van der Waals surface area contributed by atoms with Crippen LogP contribution in [0.4, 0.5) is 0 Å². The number of hydrogen-bond acceptors (Lipinski definition) is 2. The van der Waals surface area contributed by atoms with E-state index in [2.05, 4.69) is 0 Å². The van der Waals surface area contributed by atoms with Gasteiger partial charge in [-0.05, 0) is 17.7 Å². The second-order valence-corrected chi connectivity index (χ2v) is 3.43. The lowest BCUT2D eigenvalue weighted by Crippen LogP contribution is -1.90. The molecule has 0 unspecified atom stereocenters. The lowest BCUT2D eigenvalue weighted by atomic mass is 9.98. The van der Waals surface area contributed by atoms with Gasteiger partial charge in [-0.15, -0.1) is 0 Å². The van der Waals surface area contributed by atoms with E-state index in [1.807, 2.05) is 36.5 Å². The van der Waals surface area contributed by atoms with Gasteiger partial charge in [-0.3, -0.25) is 0 Å². The minimum Gasteiger partial charge on any atom is -0.504 e. The summed E-state index contributed by atoms with van der Waals surface area (Å²) in [6, 6.07) is 4.89. The highest BCUT2D eigenvalue weighted by molar-refractivity contribution is 5.44. The molecule has 1 aliphatic carbocycles. The summed E-state index contributed by atoms with van der Waals surface area (Å²) in [5, 5.41) is 18.6. The number of hydrogen-bond donors (Lipinski definition) is 2. The van der Waals surface area contributed by atoms with Crippen LogP contribution in [0.5, 0.6) is 11.5 Å². The van der Waals surface area contributed by atoms with E-state index >= 15 is 0 Å². The van der Waals surface area contributed by atoms with Crippen molar-refractivity contribution < 1.29 is 10.2 Å². The molecule has 0 fully saturated rings. The van der Waals surface area contributed by atoms with Gasteiger partial charge in [0.2, 0.25) is 0 Å². The first-order chi connectivity index (χ1) is 7.27. The fourth-order valence-electron chi connectivity index (χ4n) is 1.53. The van der Waals surface area contributed by atoms with Gasteiger partial charge in [0, 0.05) is 5.92 Å². The van der Waals surface area contributed by atoms with E-state index in [-0.39, 0.29) is 17.4 Å². The van der Waals surface area contributed by atoms with Crippen LogP contribution in [-0.2, 0) is 0 Å². The van der Waals surface area contributed by atoms with Gasteiger partial charge in [-0.1, -0.05) is 42.5 Å². The fourth-order valence-corrected chi connectivity index (χ4v) is 1.53. The summed E-state index contributed by atoms with van der Waals surface area (Å²) in [4.78, 5) is 0. The number of aromatic hydroxyl groups is 2. The first kappa shape index (κ1) is 9.59. The third-order valence-corrected chi connectivity index (χ3v) is 2.35. The second-order valence-electron chi connectivity index (χ2n) is 3.43. The predicted molar refractivity (Wildman–Crippen MR) is 59.9 cm³/mol. The van der Waals surface area contributed by atoms with Crippen molar-refractivity contribution in [2.45, 2.75) is 5.92 Å². The Morgan fingerprint density at radius 3 is 2.07 bits per heavy atom. The van der Waals surface area contributed by atoms with Crippen molar-refractivity contribution in [2.75, 3.05) is 0 Å². The van der Waals surface area contributed by atoms with Crippen molar-refractivity contribution in [1.29, 1.82) is 0 Å². The Balaban J connectivity index is 2.33. The van der Waals surface area contributed by atoms with Gasteiger partial charge in [0.15, 0.2) is 11.5 Å². The first-order valence-electron chi connectivity index (χ1n) is 4.81. The molecule has 2 rings (SSSR count). The Kier molecular flexibility index (Phi) is 2.59. The number of phenols is 2. The second kappa shape index (κ2) is 4.05. The molecule has 0 saturated heterocycles. The van der Waals surface area contributed by atoms with E-state index in [1.54, 1.807) is 12.1 Å². The molecule has 2 heteroatoms. The topological polar surface area (TPSA) is 40.5 Å². The van der Waals surface area contributed by atoms with E-state index < -0.39 is 0 Å². The van der Waals surface area contributed by atoms with E-state index in [0.717, 1.165) is 5.56 Å². The monoisotopic (exact) mass is 200 g/mol. The summed E-state index contributed by atoms with van der Waals surface area (Å²) in [6.45, 7) is 0. The van der Waals surface area contributed by atoms with Gasteiger partial charge in [0.05, 0.1) is 0 Å². The van der Waals surface area contributed by atoms with Crippen molar-refractivity contribution in [3.05, 3.63) is 60.2 Å². The molecular weight excluding hydrogens is 188 g/mol. The molecule has 0 aromatic heterocycles. The molecule has 0 bridgehead atoms. The smallest absolute Gasteiger partial charge is 0.157 e. The van der Waals surface area contributed by atoms with Crippen LogP contribution in [0.15, 0.2) is 54.7 Å². The highest BCUT2D eigenvalue weighted by Gasteiger charge is 2.07. The highest BCUT2D eigenvalue weighted by atomic mass is 16.3. The van der Waals surface area contributed by atoms with Gasteiger partial charge in [0.25, 0.3) is 0 Å². The Morgan fingerprint density at radius 2 is 1.47 bits per heavy atom.